The maximum atomic E-state index is 13.6. The lowest BCUT2D eigenvalue weighted by Gasteiger charge is -2.25. The van der Waals surface area contributed by atoms with Crippen molar-refractivity contribution in [1.29, 1.82) is 0 Å². The van der Waals surface area contributed by atoms with E-state index in [1.807, 2.05) is 77.2 Å². The van der Waals surface area contributed by atoms with Crippen LogP contribution >= 0.6 is 11.8 Å². The number of nitrogens with zero attached hydrogens (tertiary/aromatic N) is 2. The number of aromatic nitrogens is 2. The molecule has 0 saturated carbocycles. The number of carbonyl (C=O) groups is 1. The van der Waals surface area contributed by atoms with Crippen LogP contribution in [0.2, 0.25) is 0 Å². The second-order valence-electron chi connectivity index (χ2n) is 7.98. The molecule has 5 rings (SSSR count). The van der Waals surface area contributed by atoms with Crippen molar-refractivity contribution in [2.75, 3.05) is 12.9 Å². The third-order valence-corrected chi connectivity index (χ3v) is 6.94. The average Bonchev–Trinajstić information content (AvgIpc) is 3.28. The molecule has 0 aliphatic carbocycles. The molecule has 1 N–H and O–H groups in total. The zero-order valence-corrected chi connectivity index (χ0v) is 19.2. The van der Waals surface area contributed by atoms with Crippen LogP contribution in [0, 0.1) is 0 Å². The van der Waals surface area contributed by atoms with Crippen molar-refractivity contribution in [2.24, 2.45) is 0 Å². The van der Waals surface area contributed by atoms with E-state index in [-0.39, 0.29) is 11.9 Å². The second kappa shape index (κ2) is 9.55. The molecule has 3 aromatic carbocycles. The van der Waals surface area contributed by atoms with Gasteiger partial charge in [0, 0.05) is 22.4 Å². The minimum atomic E-state index is -0.123. The van der Waals surface area contributed by atoms with E-state index in [2.05, 4.69) is 29.6 Å². The predicted octanol–water partition coefficient (Wildman–Crippen LogP) is 5.57. The maximum Gasteiger partial charge on any atom is 0.255 e. The Labute approximate surface area is 197 Å². The summed E-state index contributed by atoms with van der Waals surface area (Å²) in [4.78, 5) is 14.8. The van der Waals surface area contributed by atoms with E-state index in [0.717, 1.165) is 23.3 Å². The van der Waals surface area contributed by atoms with Gasteiger partial charge in [0.1, 0.15) is 11.4 Å². The van der Waals surface area contributed by atoms with E-state index in [9.17, 15) is 4.79 Å². The van der Waals surface area contributed by atoms with Crippen LogP contribution in [0.25, 0.3) is 11.3 Å². The summed E-state index contributed by atoms with van der Waals surface area (Å²) >= 11 is 1.84. The number of carbonyl (C=O) groups excluding carboxylic acids is 1. The van der Waals surface area contributed by atoms with Crippen LogP contribution in [0.15, 0.2) is 90.0 Å². The number of nitrogens with one attached hydrogen (secondary N) is 1. The van der Waals surface area contributed by atoms with Gasteiger partial charge in [-0.15, -0.1) is 11.8 Å². The van der Waals surface area contributed by atoms with Crippen molar-refractivity contribution in [3.05, 3.63) is 102 Å². The van der Waals surface area contributed by atoms with Gasteiger partial charge in [-0.2, -0.15) is 5.10 Å². The first kappa shape index (κ1) is 21.3. The highest BCUT2D eigenvalue weighted by Crippen LogP contribution is 2.37. The monoisotopic (exact) mass is 455 g/mol. The van der Waals surface area contributed by atoms with Crippen molar-refractivity contribution < 1.29 is 9.53 Å². The van der Waals surface area contributed by atoms with Gasteiger partial charge in [0.25, 0.3) is 5.91 Å². The summed E-state index contributed by atoms with van der Waals surface area (Å²) in [6.07, 6.45) is 2.74. The van der Waals surface area contributed by atoms with Gasteiger partial charge in [0.2, 0.25) is 0 Å². The number of amides is 1. The number of rotatable bonds is 6. The highest BCUT2D eigenvalue weighted by atomic mass is 32.2. The molecule has 166 valence electrons. The van der Waals surface area contributed by atoms with Gasteiger partial charge < -0.3 is 10.1 Å². The molecule has 2 heterocycles. The van der Waals surface area contributed by atoms with Gasteiger partial charge >= 0.3 is 0 Å². The lowest BCUT2D eigenvalue weighted by molar-refractivity contribution is 0.0935. The number of fused-ring (bicyclic) bond motifs is 1. The molecule has 1 aromatic heterocycles. The number of hydrogen-bond donors (Lipinski definition) is 1. The Morgan fingerprint density at radius 2 is 1.82 bits per heavy atom. The van der Waals surface area contributed by atoms with E-state index >= 15 is 0 Å². The highest BCUT2D eigenvalue weighted by molar-refractivity contribution is 7.99. The molecule has 5 nitrogen and oxygen atoms in total. The Kier molecular flexibility index (Phi) is 6.17. The molecule has 1 atom stereocenters. The topological polar surface area (TPSA) is 56.2 Å². The molecule has 33 heavy (non-hydrogen) atoms. The largest absolute Gasteiger partial charge is 0.496 e. The molecule has 1 amide bonds. The number of benzene rings is 3. The van der Waals surface area contributed by atoms with Crippen LogP contribution in [-0.2, 0) is 6.54 Å². The first-order chi connectivity index (χ1) is 16.2. The van der Waals surface area contributed by atoms with Crippen molar-refractivity contribution >= 4 is 17.7 Å². The first-order valence-corrected chi connectivity index (χ1v) is 12.0. The summed E-state index contributed by atoms with van der Waals surface area (Å²) in [6.45, 7) is 0.583. The Bertz CT molecular complexity index is 1270. The Morgan fingerprint density at radius 3 is 2.67 bits per heavy atom. The highest BCUT2D eigenvalue weighted by Gasteiger charge is 2.26. The third-order valence-electron chi connectivity index (χ3n) is 5.82. The van der Waals surface area contributed by atoms with Gasteiger partial charge in [-0.25, -0.2) is 0 Å². The van der Waals surface area contributed by atoms with E-state index in [0.29, 0.717) is 23.6 Å². The van der Waals surface area contributed by atoms with E-state index < -0.39 is 0 Å². The van der Waals surface area contributed by atoms with Crippen LogP contribution in [0.5, 0.6) is 5.75 Å². The first-order valence-electron chi connectivity index (χ1n) is 11.0. The maximum absolute atomic E-state index is 13.6. The Balaban J connectivity index is 1.51. The average molecular weight is 456 g/mol. The van der Waals surface area contributed by atoms with E-state index in [1.54, 1.807) is 7.11 Å². The number of methoxy groups -OCH3 is 1. The lowest BCUT2D eigenvalue weighted by atomic mass is 10.0. The summed E-state index contributed by atoms with van der Waals surface area (Å²) in [5, 5.41) is 8.08. The fraction of sp³-hybridized carbons (Fsp3) is 0.185. The number of thioether (sulfide) groups is 1. The van der Waals surface area contributed by atoms with Crippen molar-refractivity contribution in [2.45, 2.75) is 23.9 Å². The molecule has 0 bridgehead atoms. The van der Waals surface area contributed by atoms with Crippen molar-refractivity contribution in [1.82, 2.24) is 15.1 Å². The summed E-state index contributed by atoms with van der Waals surface area (Å²) < 4.78 is 7.40. The number of para-hydroxylation sites is 1. The Hall–Kier alpha value is -3.51. The van der Waals surface area contributed by atoms with Gasteiger partial charge in [0.05, 0.1) is 25.3 Å². The quantitative estimate of drug-likeness (QED) is 0.413. The smallest absolute Gasteiger partial charge is 0.255 e. The Morgan fingerprint density at radius 1 is 1.06 bits per heavy atom. The van der Waals surface area contributed by atoms with Crippen molar-refractivity contribution in [3.63, 3.8) is 0 Å². The van der Waals surface area contributed by atoms with Crippen LogP contribution in [-0.4, -0.2) is 28.6 Å². The minimum absolute atomic E-state index is 0.0158. The fourth-order valence-corrected chi connectivity index (χ4v) is 5.33. The fourth-order valence-electron chi connectivity index (χ4n) is 4.21. The lowest BCUT2D eigenvalue weighted by Crippen LogP contribution is -2.30. The van der Waals surface area contributed by atoms with Gasteiger partial charge in [-0.3, -0.25) is 9.48 Å². The molecular formula is C27H25N3O2S. The van der Waals surface area contributed by atoms with Crippen LogP contribution in [0.4, 0.5) is 0 Å². The molecule has 4 aromatic rings. The van der Waals surface area contributed by atoms with E-state index in [1.165, 1.54) is 10.5 Å². The van der Waals surface area contributed by atoms with E-state index in [4.69, 9.17) is 9.84 Å². The van der Waals surface area contributed by atoms with Crippen LogP contribution in [0.1, 0.15) is 33.9 Å². The molecule has 0 unspecified atom stereocenters. The van der Waals surface area contributed by atoms with Crippen LogP contribution < -0.4 is 10.1 Å². The molecule has 6 heteroatoms. The molecule has 1 aliphatic heterocycles. The molecule has 0 spiro atoms. The second-order valence-corrected chi connectivity index (χ2v) is 9.11. The zero-order valence-electron chi connectivity index (χ0n) is 18.4. The molecule has 0 saturated heterocycles. The zero-order chi connectivity index (χ0) is 22.6. The minimum Gasteiger partial charge on any atom is -0.496 e. The van der Waals surface area contributed by atoms with Gasteiger partial charge in [-0.1, -0.05) is 60.7 Å². The standard InChI is InChI=1S/C27H25N3O2S/c1-32-24-13-7-5-12-21(24)26-22(18-30(29-26)17-19-9-3-2-4-10-19)27(31)28-23-15-16-33-25-14-8-6-11-20(23)25/h2-14,18,23H,15-17H2,1H3,(H,28,31)/t23-/m1/s1. The predicted molar refractivity (Wildman–Crippen MR) is 132 cm³/mol. The third kappa shape index (κ3) is 4.52. The molecule has 0 fully saturated rings. The summed E-state index contributed by atoms with van der Waals surface area (Å²) in [7, 11) is 1.64. The molecular weight excluding hydrogens is 430 g/mol. The summed E-state index contributed by atoms with van der Waals surface area (Å²) in [6, 6.07) is 26.1. The van der Waals surface area contributed by atoms with Crippen LogP contribution in [0.3, 0.4) is 0 Å². The number of ether oxygens (including phenoxy) is 1. The summed E-state index contributed by atoms with van der Waals surface area (Å²) in [5.74, 6) is 1.55. The van der Waals surface area contributed by atoms with Gasteiger partial charge in [-0.05, 0) is 35.7 Å². The number of hydrogen-bond acceptors (Lipinski definition) is 4. The molecule has 1 aliphatic rings. The summed E-state index contributed by atoms with van der Waals surface area (Å²) in [5.41, 5.74) is 4.27. The van der Waals surface area contributed by atoms with Crippen molar-refractivity contribution in [3.8, 4) is 17.0 Å². The normalized spacial score (nSPS) is 15.0. The van der Waals surface area contributed by atoms with Gasteiger partial charge in [0.15, 0.2) is 0 Å². The molecule has 0 radical (unpaired) electrons. The SMILES string of the molecule is COc1ccccc1-c1nn(Cc2ccccc2)cc1C(=O)N[C@@H]1CCSc2ccccc21.